The number of pyridine rings is 1. The van der Waals surface area contributed by atoms with Gasteiger partial charge in [0, 0.05) is 51.9 Å². The number of aromatic nitrogens is 3. The Kier molecular flexibility index (Phi) is 7.26. The summed E-state index contributed by atoms with van der Waals surface area (Å²) >= 11 is 0. The van der Waals surface area contributed by atoms with Crippen molar-refractivity contribution in [3.63, 3.8) is 0 Å². The lowest BCUT2D eigenvalue weighted by Crippen LogP contribution is -2.42. The topological polar surface area (TPSA) is 74.6 Å². The predicted octanol–water partition coefficient (Wildman–Crippen LogP) is 2.96. The Morgan fingerprint density at radius 1 is 1.03 bits per heavy atom. The van der Waals surface area contributed by atoms with Gasteiger partial charge in [0.05, 0.1) is 28.9 Å². The van der Waals surface area contributed by atoms with E-state index in [0.29, 0.717) is 37.4 Å². The third-order valence-corrected chi connectivity index (χ3v) is 6.62. The zero-order valence-corrected chi connectivity index (χ0v) is 20.6. The second-order valence-corrected chi connectivity index (χ2v) is 8.82. The molecule has 0 N–H and O–H groups in total. The molecule has 1 fully saturated rings. The Hall–Kier alpha value is -3.26. The summed E-state index contributed by atoms with van der Waals surface area (Å²) in [7, 11) is 1.86. The molecule has 8 nitrogen and oxygen atoms in total. The van der Waals surface area contributed by atoms with Crippen molar-refractivity contribution in [2.75, 3.05) is 45.8 Å². The fourth-order valence-corrected chi connectivity index (χ4v) is 4.74. The molecule has 8 heteroatoms. The third kappa shape index (κ3) is 4.82. The fraction of sp³-hybridized carbons (Fsp3) is 0.462. The summed E-state index contributed by atoms with van der Waals surface area (Å²) in [6.45, 7) is 10.5. The van der Waals surface area contributed by atoms with E-state index in [1.54, 1.807) is 4.68 Å². The van der Waals surface area contributed by atoms with Crippen molar-refractivity contribution in [2.45, 2.75) is 27.2 Å². The molecule has 180 valence electrons. The average molecular weight is 463 g/mol. The second kappa shape index (κ2) is 10.3. The van der Waals surface area contributed by atoms with E-state index in [1.807, 2.05) is 74.0 Å². The largest absolute Gasteiger partial charge is 0.342 e. The molecule has 1 saturated heterocycles. The lowest BCUT2D eigenvalue weighted by Gasteiger charge is -2.25. The maximum absolute atomic E-state index is 13.8. The highest BCUT2D eigenvalue weighted by Gasteiger charge is 2.26. The third-order valence-electron chi connectivity index (χ3n) is 6.62. The van der Waals surface area contributed by atoms with E-state index in [1.165, 1.54) is 0 Å². The highest BCUT2D eigenvalue weighted by molar-refractivity contribution is 6.07. The molecule has 0 aliphatic carbocycles. The number of hydrogen-bond donors (Lipinski definition) is 0. The predicted molar refractivity (Wildman–Crippen MR) is 134 cm³/mol. The molecule has 4 rings (SSSR count). The Morgan fingerprint density at radius 3 is 2.47 bits per heavy atom. The van der Waals surface area contributed by atoms with Crippen molar-refractivity contribution in [1.82, 2.24) is 29.5 Å². The van der Waals surface area contributed by atoms with Gasteiger partial charge in [-0.3, -0.25) is 19.2 Å². The van der Waals surface area contributed by atoms with Crippen LogP contribution in [0.3, 0.4) is 0 Å². The number of likely N-dealkylation sites (N-methyl/N-ethyl adjacent to an activating group) is 1. The minimum absolute atomic E-state index is 0.00222. The molecular formula is C26H34N6O2. The number of aryl methyl sites for hydroxylation is 2. The SMILES string of the molecule is CCN(CC)C(=O)CN1CCCN(C(=O)c2cc(-c3ccccc3)nc3c2c(C)nn3C)CC1. The standard InChI is InChI=1S/C26H34N6O2/c1-5-31(6-2)23(33)18-30-13-10-14-32(16-15-30)26(34)21-17-22(20-11-8-7-9-12-20)27-25-24(21)19(3)28-29(25)4/h7-9,11-12,17H,5-6,10,13-16,18H2,1-4H3. The number of fused-ring (bicyclic) bond motifs is 1. The Bertz CT molecular complexity index is 1170. The van der Waals surface area contributed by atoms with Gasteiger partial charge >= 0.3 is 0 Å². The van der Waals surface area contributed by atoms with Crippen molar-refractivity contribution < 1.29 is 9.59 Å². The summed E-state index contributed by atoms with van der Waals surface area (Å²) in [6, 6.07) is 11.8. The lowest BCUT2D eigenvalue weighted by atomic mass is 10.0. The number of benzene rings is 1. The van der Waals surface area contributed by atoms with E-state index in [-0.39, 0.29) is 11.8 Å². The van der Waals surface area contributed by atoms with Crippen LogP contribution in [-0.4, -0.2) is 87.1 Å². The summed E-state index contributed by atoms with van der Waals surface area (Å²) < 4.78 is 1.75. The molecule has 2 aromatic heterocycles. The van der Waals surface area contributed by atoms with Crippen molar-refractivity contribution in [2.24, 2.45) is 7.05 Å². The van der Waals surface area contributed by atoms with Gasteiger partial charge < -0.3 is 9.80 Å². The second-order valence-electron chi connectivity index (χ2n) is 8.82. The van der Waals surface area contributed by atoms with Gasteiger partial charge in [0.2, 0.25) is 5.91 Å². The van der Waals surface area contributed by atoms with E-state index >= 15 is 0 Å². The van der Waals surface area contributed by atoms with Gasteiger partial charge in [-0.25, -0.2) is 4.98 Å². The first-order chi connectivity index (χ1) is 16.4. The molecule has 1 aliphatic rings. The van der Waals surface area contributed by atoms with Crippen molar-refractivity contribution in [3.05, 3.63) is 47.7 Å². The van der Waals surface area contributed by atoms with Gasteiger partial charge in [-0.05, 0) is 33.3 Å². The van der Waals surface area contributed by atoms with Crippen LogP contribution in [0.1, 0.15) is 36.3 Å². The highest BCUT2D eigenvalue weighted by Crippen LogP contribution is 2.28. The van der Waals surface area contributed by atoms with Gasteiger partial charge in [0.15, 0.2) is 5.65 Å². The minimum Gasteiger partial charge on any atom is -0.342 e. The van der Waals surface area contributed by atoms with Crippen LogP contribution in [0.2, 0.25) is 0 Å². The van der Waals surface area contributed by atoms with Gasteiger partial charge in [0.1, 0.15) is 0 Å². The van der Waals surface area contributed by atoms with Crippen LogP contribution in [0, 0.1) is 6.92 Å². The number of carbonyl (C=O) groups is 2. The summed E-state index contributed by atoms with van der Waals surface area (Å²) in [5, 5.41) is 5.35. The summed E-state index contributed by atoms with van der Waals surface area (Å²) in [6.07, 6.45) is 0.836. The van der Waals surface area contributed by atoms with Crippen molar-refractivity contribution in [3.8, 4) is 11.3 Å². The maximum atomic E-state index is 13.8. The number of nitrogens with zero attached hydrogens (tertiary/aromatic N) is 6. The zero-order valence-electron chi connectivity index (χ0n) is 20.6. The fourth-order valence-electron chi connectivity index (χ4n) is 4.74. The summed E-state index contributed by atoms with van der Waals surface area (Å²) in [4.78, 5) is 37.1. The molecule has 0 radical (unpaired) electrons. The molecule has 34 heavy (non-hydrogen) atoms. The summed E-state index contributed by atoms with van der Waals surface area (Å²) in [5.74, 6) is 0.150. The van der Waals surface area contributed by atoms with Crippen LogP contribution >= 0.6 is 0 Å². The Labute approximate surface area is 201 Å². The van der Waals surface area contributed by atoms with Gasteiger partial charge in [-0.1, -0.05) is 30.3 Å². The normalized spacial score (nSPS) is 14.9. The van der Waals surface area contributed by atoms with Crippen LogP contribution in [0.5, 0.6) is 0 Å². The zero-order chi connectivity index (χ0) is 24.2. The van der Waals surface area contributed by atoms with E-state index in [4.69, 9.17) is 4.98 Å². The quantitative estimate of drug-likeness (QED) is 0.563. The van der Waals surface area contributed by atoms with Crippen molar-refractivity contribution >= 4 is 22.8 Å². The molecule has 1 aliphatic heterocycles. The number of carbonyl (C=O) groups excluding carboxylic acids is 2. The molecule has 0 saturated carbocycles. The van der Waals surface area contributed by atoms with Crippen molar-refractivity contribution in [1.29, 1.82) is 0 Å². The lowest BCUT2D eigenvalue weighted by molar-refractivity contribution is -0.132. The van der Waals surface area contributed by atoms with Crippen LogP contribution in [-0.2, 0) is 11.8 Å². The van der Waals surface area contributed by atoms with Crippen LogP contribution < -0.4 is 0 Å². The smallest absolute Gasteiger partial charge is 0.254 e. The van der Waals surface area contributed by atoms with E-state index in [2.05, 4.69) is 10.00 Å². The summed E-state index contributed by atoms with van der Waals surface area (Å²) in [5.41, 5.74) is 3.88. The molecule has 1 aromatic carbocycles. The first kappa shape index (κ1) is 23.9. The number of hydrogen-bond acceptors (Lipinski definition) is 5. The van der Waals surface area contributed by atoms with Gasteiger partial charge in [-0.15, -0.1) is 0 Å². The van der Waals surface area contributed by atoms with Crippen LogP contribution in [0.25, 0.3) is 22.3 Å². The maximum Gasteiger partial charge on any atom is 0.254 e. The van der Waals surface area contributed by atoms with E-state index in [9.17, 15) is 9.59 Å². The van der Waals surface area contributed by atoms with Gasteiger partial charge in [0.25, 0.3) is 5.91 Å². The molecule has 0 bridgehead atoms. The highest BCUT2D eigenvalue weighted by atomic mass is 16.2. The molecular weight excluding hydrogens is 428 g/mol. The number of amides is 2. The van der Waals surface area contributed by atoms with Crippen LogP contribution in [0.15, 0.2) is 36.4 Å². The molecule has 0 unspecified atom stereocenters. The van der Waals surface area contributed by atoms with Crippen LogP contribution in [0.4, 0.5) is 0 Å². The van der Waals surface area contributed by atoms with E-state index < -0.39 is 0 Å². The molecule has 3 aromatic rings. The molecule has 0 spiro atoms. The average Bonchev–Trinajstić information content (AvgIpc) is 3.00. The number of rotatable bonds is 6. The molecule has 2 amide bonds. The minimum atomic E-state index is -0.00222. The van der Waals surface area contributed by atoms with Gasteiger partial charge in [-0.2, -0.15) is 5.10 Å². The van der Waals surface area contributed by atoms with E-state index in [0.717, 1.165) is 48.4 Å². The first-order valence-electron chi connectivity index (χ1n) is 12.1. The first-order valence-corrected chi connectivity index (χ1v) is 12.1. The molecule has 0 atom stereocenters. The Balaban J connectivity index is 1.60. The Morgan fingerprint density at radius 2 is 1.76 bits per heavy atom. The monoisotopic (exact) mass is 462 g/mol. The molecule has 3 heterocycles.